The van der Waals surface area contributed by atoms with Gasteiger partial charge in [0.05, 0.1) is 17.8 Å². The van der Waals surface area contributed by atoms with Crippen molar-refractivity contribution in [2.45, 2.75) is 39.8 Å². The van der Waals surface area contributed by atoms with Crippen LogP contribution in [0.2, 0.25) is 5.02 Å². The first kappa shape index (κ1) is 24.3. The molecule has 184 valence electrons. The molecule has 0 aliphatic heterocycles. The molecule has 0 fully saturated rings. The van der Waals surface area contributed by atoms with E-state index in [4.69, 9.17) is 21.5 Å². The van der Waals surface area contributed by atoms with Crippen molar-refractivity contribution in [2.75, 3.05) is 0 Å². The zero-order valence-corrected chi connectivity index (χ0v) is 20.9. The first-order chi connectivity index (χ1) is 16.4. The number of oxime groups is 1. The third-order valence-corrected chi connectivity index (χ3v) is 5.93. The molecule has 0 aliphatic rings. The van der Waals surface area contributed by atoms with E-state index in [-0.39, 0.29) is 29.2 Å². The first-order valence-electron chi connectivity index (χ1n) is 10.7. The van der Waals surface area contributed by atoms with Gasteiger partial charge in [-0.1, -0.05) is 22.8 Å². The summed E-state index contributed by atoms with van der Waals surface area (Å²) in [5.41, 5.74) is -0.703. The van der Waals surface area contributed by atoms with E-state index in [0.29, 0.717) is 21.6 Å². The van der Waals surface area contributed by atoms with E-state index in [1.54, 1.807) is 52.1 Å². The largest absolute Gasteiger partial charge is 0.443 e. The zero-order valence-electron chi connectivity index (χ0n) is 20.2. The van der Waals surface area contributed by atoms with Crippen molar-refractivity contribution >= 4 is 45.5 Å². The number of carbonyl (C=O) groups excluding carboxylic acids is 1. The fourth-order valence-corrected chi connectivity index (χ4v) is 4.23. The third kappa shape index (κ3) is 4.01. The maximum atomic E-state index is 13.5. The van der Waals surface area contributed by atoms with Crippen LogP contribution in [0.25, 0.3) is 22.1 Å². The summed E-state index contributed by atoms with van der Waals surface area (Å²) in [4.78, 5) is 44.1. The maximum absolute atomic E-state index is 13.5. The molecule has 0 atom stereocenters. The number of aryl methyl sites for hydroxylation is 2. The third-order valence-electron chi connectivity index (χ3n) is 5.60. The first-order valence-corrected chi connectivity index (χ1v) is 11.1. The van der Waals surface area contributed by atoms with E-state index in [0.717, 1.165) is 4.57 Å². The summed E-state index contributed by atoms with van der Waals surface area (Å²) in [6.45, 7) is 6.54. The van der Waals surface area contributed by atoms with Gasteiger partial charge in [0, 0.05) is 24.5 Å². The molecule has 1 aromatic carbocycles. The number of benzene rings is 1. The number of hydrogen-bond donors (Lipinski definition) is 1. The standard InChI is InChI=1S/C23H25ClN6O5/c1-12(26-34)18-25-19-17(27(18)5)20(31)29(21(32)28(19)6)11-13-10-14-15(24)8-7-9-16(14)30(13)22(33)35-23(2,3)4/h7-10,34H,11H2,1-6H3. The molecule has 1 N–H and O–H groups in total. The van der Waals surface area contributed by atoms with Crippen LogP contribution in [0.15, 0.2) is 39.0 Å². The Hall–Kier alpha value is -3.86. The highest BCUT2D eigenvalue weighted by Gasteiger charge is 2.25. The lowest BCUT2D eigenvalue weighted by atomic mass is 10.2. The number of rotatable bonds is 3. The van der Waals surface area contributed by atoms with Gasteiger partial charge in [-0.2, -0.15) is 0 Å². The van der Waals surface area contributed by atoms with E-state index in [1.165, 1.54) is 27.7 Å². The zero-order chi connectivity index (χ0) is 25.8. The number of aromatic nitrogens is 5. The molecule has 3 heterocycles. The van der Waals surface area contributed by atoms with Crippen LogP contribution >= 0.6 is 11.6 Å². The molecule has 0 amide bonds. The van der Waals surface area contributed by atoms with Crippen LogP contribution in [0.5, 0.6) is 0 Å². The van der Waals surface area contributed by atoms with Crippen molar-refractivity contribution < 1.29 is 14.7 Å². The normalized spacial score (nSPS) is 12.6. The van der Waals surface area contributed by atoms with Gasteiger partial charge in [0.25, 0.3) is 5.56 Å². The average molecular weight is 501 g/mol. The number of carbonyl (C=O) groups is 1. The lowest BCUT2D eigenvalue weighted by molar-refractivity contribution is 0.0540. The smallest absolute Gasteiger partial charge is 0.419 e. The van der Waals surface area contributed by atoms with Crippen LogP contribution in [-0.2, 0) is 25.4 Å². The van der Waals surface area contributed by atoms with E-state index >= 15 is 0 Å². The van der Waals surface area contributed by atoms with E-state index in [1.807, 2.05) is 0 Å². The van der Waals surface area contributed by atoms with Crippen LogP contribution in [-0.4, -0.2) is 45.9 Å². The van der Waals surface area contributed by atoms with Crippen LogP contribution < -0.4 is 11.2 Å². The van der Waals surface area contributed by atoms with Gasteiger partial charge >= 0.3 is 11.8 Å². The van der Waals surface area contributed by atoms with E-state index in [2.05, 4.69) is 10.1 Å². The maximum Gasteiger partial charge on any atom is 0.419 e. The predicted octanol–water partition coefficient (Wildman–Crippen LogP) is 3.07. The van der Waals surface area contributed by atoms with Gasteiger partial charge in [-0.15, -0.1) is 0 Å². The molecule has 0 aliphatic carbocycles. The Labute approximate surface area is 204 Å². The molecule has 11 nitrogen and oxygen atoms in total. The topological polar surface area (TPSA) is 126 Å². The molecule has 0 radical (unpaired) electrons. The molecule has 4 aromatic rings. The molecular weight excluding hydrogens is 476 g/mol. The molecule has 3 aromatic heterocycles. The van der Waals surface area contributed by atoms with Gasteiger partial charge in [0.2, 0.25) is 0 Å². The van der Waals surface area contributed by atoms with Gasteiger partial charge in [0.1, 0.15) is 11.3 Å². The molecule has 4 rings (SSSR count). The average Bonchev–Trinajstić information content (AvgIpc) is 3.32. The summed E-state index contributed by atoms with van der Waals surface area (Å²) in [6, 6.07) is 6.76. The number of nitrogens with zero attached hydrogens (tertiary/aromatic N) is 6. The Bertz CT molecular complexity index is 1650. The monoisotopic (exact) mass is 500 g/mol. The van der Waals surface area contributed by atoms with E-state index in [9.17, 15) is 14.4 Å². The number of fused-ring (bicyclic) bond motifs is 2. The Morgan fingerprint density at radius 1 is 1.20 bits per heavy atom. The fraction of sp³-hybridized carbons (Fsp3) is 0.348. The Balaban J connectivity index is 1.97. The summed E-state index contributed by atoms with van der Waals surface area (Å²) in [5, 5.41) is 13.3. The molecule has 0 bridgehead atoms. The highest BCUT2D eigenvalue weighted by atomic mass is 35.5. The van der Waals surface area contributed by atoms with Gasteiger partial charge in [-0.3, -0.25) is 13.9 Å². The van der Waals surface area contributed by atoms with Gasteiger partial charge < -0.3 is 14.5 Å². The van der Waals surface area contributed by atoms with Crippen LogP contribution in [0.3, 0.4) is 0 Å². The minimum Gasteiger partial charge on any atom is -0.443 e. The quantitative estimate of drug-likeness (QED) is 0.262. The van der Waals surface area contributed by atoms with Gasteiger partial charge in [0.15, 0.2) is 17.0 Å². The molecule has 35 heavy (non-hydrogen) atoms. The summed E-state index contributed by atoms with van der Waals surface area (Å²) < 4.78 is 10.6. The Kier molecular flexibility index (Phi) is 5.84. The highest BCUT2D eigenvalue weighted by molar-refractivity contribution is 6.35. The van der Waals surface area contributed by atoms with Crippen molar-refractivity contribution in [3.63, 3.8) is 0 Å². The lowest BCUT2D eigenvalue weighted by Crippen LogP contribution is -2.40. The number of imidazole rings is 1. The van der Waals surface area contributed by atoms with Crippen molar-refractivity contribution in [1.29, 1.82) is 0 Å². The minimum absolute atomic E-state index is 0.142. The second kappa shape index (κ2) is 8.42. The summed E-state index contributed by atoms with van der Waals surface area (Å²) >= 11 is 6.37. The molecule has 12 heteroatoms. The second-order valence-electron chi connectivity index (χ2n) is 9.21. The van der Waals surface area contributed by atoms with Crippen molar-refractivity contribution in [3.05, 3.63) is 61.6 Å². The summed E-state index contributed by atoms with van der Waals surface area (Å²) in [6.07, 6.45) is -0.659. The predicted molar refractivity (Wildman–Crippen MR) is 132 cm³/mol. The summed E-state index contributed by atoms with van der Waals surface area (Å²) in [5.74, 6) is 0.238. The SMILES string of the molecule is CC(=NO)c1nc2c(c(=O)n(Cc3cc4c(Cl)cccc4n3C(=O)OC(C)(C)C)c(=O)n2C)n1C. The van der Waals surface area contributed by atoms with Gasteiger partial charge in [-0.05, 0) is 45.9 Å². The van der Waals surface area contributed by atoms with E-state index < -0.39 is 22.9 Å². The van der Waals surface area contributed by atoms with Crippen LogP contribution in [0.4, 0.5) is 4.79 Å². The number of halogens is 1. The fourth-order valence-electron chi connectivity index (χ4n) is 4.00. The van der Waals surface area contributed by atoms with Crippen molar-refractivity contribution in [3.8, 4) is 0 Å². The van der Waals surface area contributed by atoms with Gasteiger partial charge in [-0.25, -0.2) is 19.1 Å². The molecule has 0 saturated carbocycles. The number of hydrogen-bond acceptors (Lipinski definition) is 7. The summed E-state index contributed by atoms with van der Waals surface area (Å²) in [7, 11) is 3.08. The molecule has 0 spiro atoms. The van der Waals surface area contributed by atoms with Crippen molar-refractivity contribution in [1.82, 2.24) is 23.3 Å². The highest BCUT2D eigenvalue weighted by Crippen LogP contribution is 2.28. The molecular formula is C23H25ClN6O5. The molecule has 0 saturated heterocycles. The van der Waals surface area contributed by atoms with Crippen LogP contribution in [0.1, 0.15) is 39.2 Å². The minimum atomic E-state index is -0.771. The second-order valence-corrected chi connectivity index (χ2v) is 9.62. The Morgan fingerprint density at radius 3 is 2.51 bits per heavy atom. The lowest BCUT2D eigenvalue weighted by Gasteiger charge is -2.21. The molecule has 0 unspecified atom stereocenters. The van der Waals surface area contributed by atoms with Crippen molar-refractivity contribution in [2.24, 2.45) is 19.3 Å². The number of ether oxygens (including phenoxy) is 1. The Morgan fingerprint density at radius 2 is 1.89 bits per heavy atom. The van der Waals surface area contributed by atoms with Crippen LogP contribution in [0, 0.1) is 0 Å².